The van der Waals surface area contributed by atoms with E-state index in [1.807, 2.05) is 0 Å². The lowest BCUT2D eigenvalue weighted by Crippen LogP contribution is -2.14. The topological polar surface area (TPSA) is 0 Å². The van der Waals surface area contributed by atoms with Crippen LogP contribution in [0.1, 0.15) is 44.2 Å². The van der Waals surface area contributed by atoms with Gasteiger partial charge in [-0.05, 0) is 52.5 Å². The van der Waals surface area contributed by atoms with Crippen LogP contribution in [-0.4, -0.2) is 12.8 Å². The lowest BCUT2D eigenvalue weighted by atomic mass is 9.81. The van der Waals surface area contributed by atoms with Gasteiger partial charge < -0.3 is 0 Å². The zero-order valence-corrected chi connectivity index (χ0v) is 15.3. The molecule has 2 aromatic carbocycles. The van der Waals surface area contributed by atoms with Crippen molar-refractivity contribution in [2.45, 2.75) is 39.0 Å². The van der Waals surface area contributed by atoms with Gasteiger partial charge in [-0.2, -0.15) is 0 Å². The van der Waals surface area contributed by atoms with Crippen LogP contribution in [0.15, 0.2) is 36.4 Å². The van der Waals surface area contributed by atoms with Crippen molar-refractivity contribution >= 4 is 31.0 Å². The summed E-state index contributed by atoms with van der Waals surface area (Å²) in [4.78, 5) is 0. The number of fused-ring (bicyclic) bond motifs is 1. The van der Waals surface area contributed by atoms with Crippen molar-refractivity contribution in [3.8, 4) is 0 Å². The molecule has 2 unspecified atom stereocenters. The van der Waals surface area contributed by atoms with E-state index in [4.69, 9.17) is 11.6 Å². The molecule has 0 aliphatic rings. The fraction of sp³-hybridized carbons (Fsp3) is 0.474. The SMILES string of the molecule is CPCC(CC(C)(C)C)c1cccc2c(CCl)cccc12. The van der Waals surface area contributed by atoms with Crippen molar-refractivity contribution in [3.05, 3.63) is 47.5 Å². The van der Waals surface area contributed by atoms with E-state index in [0.29, 0.717) is 17.2 Å². The van der Waals surface area contributed by atoms with Gasteiger partial charge in [0.15, 0.2) is 0 Å². The van der Waals surface area contributed by atoms with Crippen LogP contribution < -0.4 is 0 Å². The summed E-state index contributed by atoms with van der Waals surface area (Å²) in [6.07, 6.45) is 2.51. The molecule has 0 aliphatic heterocycles. The first-order chi connectivity index (χ1) is 9.96. The van der Waals surface area contributed by atoms with Crippen molar-refractivity contribution in [2.24, 2.45) is 5.41 Å². The minimum absolute atomic E-state index is 0.358. The van der Waals surface area contributed by atoms with Gasteiger partial charge in [0.2, 0.25) is 0 Å². The number of halogens is 1. The first-order valence-electron chi connectivity index (χ1n) is 7.67. The van der Waals surface area contributed by atoms with Crippen molar-refractivity contribution in [3.63, 3.8) is 0 Å². The van der Waals surface area contributed by atoms with E-state index in [1.54, 1.807) is 0 Å². The average molecular weight is 321 g/mol. The van der Waals surface area contributed by atoms with Crippen LogP contribution in [0, 0.1) is 5.41 Å². The largest absolute Gasteiger partial charge is 0.125 e. The van der Waals surface area contributed by atoms with E-state index < -0.39 is 0 Å². The number of rotatable bonds is 5. The van der Waals surface area contributed by atoms with Gasteiger partial charge in [0.25, 0.3) is 0 Å². The molecule has 114 valence electrons. The maximum absolute atomic E-state index is 6.11. The zero-order valence-electron chi connectivity index (χ0n) is 13.5. The Morgan fingerprint density at radius 1 is 1.05 bits per heavy atom. The number of hydrogen-bond donors (Lipinski definition) is 0. The van der Waals surface area contributed by atoms with E-state index in [1.165, 1.54) is 34.5 Å². The van der Waals surface area contributed by atoms with Crippen LogP contribution in [0.25, 0.3) is 10.8 Å². The Kier molecular flexibility index (Phi) is 5.69. The summed E-state index contributed by atoms with van der Waals surface area (Å²) >= 11 is 6.11. The molecule has 0 N–H and O–H groups in total. The van der Waals surface area contributed by atoms with Crippen LogP contribution in [-0.2, 0) is 5.88 Å². The average Bonchev–Trinajstić information content (AvgIpc) is 2.44. The summed E-state index contributed by atoms with van der Waals surface area (Å²) in [5.74, 6) is 1.22. The molecule has 21 heavy (non-hydrogen) atoms. The summed E-state index contributed by atoms with van der Waals surface area (Å²) in [5.41, 5.74) is 3.10. The predicted octanol–water partition coefficient (Wildman–Crippen LogP) is 6.41. The molecular formula is C19H26ClP. The highest BCUT2D eigenvalue weighted by Crippen LogP contribution is 2.38. The Labute approximate surface area is 136 Å². The minimum atomic E-state index is 0.358. The first kappa shape index (κ1) is 16.8. The second-order valence-electron chi connectivity index (χ2n) is 7.01. The highest BCUT2D eigenvalue weighted by molar-refractivity contribution is 7.37. The van der Waals surface area contributed by atoms with Gasteiger partial charge in [0.1, 0.15) is 0 Å². The first-order valence-corrected chi connectivity index (χ1v) is 9.91. The highest BCUT2D eigenvalue weighted by atomic mass is 35.5. The van der Waals surface area contributed by atoms with Gasteiger partial charge in [-0.25, -0.2) is 0 Å². The molecule has 0 amide bonds. The van der Waals surface area contributed by atoms with Gasteiger partial charge in [-0.1, -0.05) is 57.2 Å². The quantitative estimate of drug-likeness (QED) is 0.441. The Hall–Kier alpha value is -0.580. The van der Waals surface area contributed by atoms with Gasteiger partial charge in [0.05, 0.1) is 0 Å². The standard InChI is InChI=1S/C19H26ClP/c1-19(2,3)11-15(13-21-4)17-9-6-8-16-14(12-20)7-5-10-18(16)17/h5-10,15,21H,11-13H2,1-4H3. The van der Waals surface area contributed by atoms with E-state index >= 15 is 0 Å². The normalized spacial score (nSPS) is 14.1. The molecule has 0 nitrogen and oxygen atoms in total. The van der Waals surface area contributed by atoms with Gasteiger partial charge in [0, 0.05) is 5.88 Å². The summed E-state index contributed by atoms with van der Waals surface area (Å²) in [7, 11) is 0.992. The molecule has 0 fully saturated rings. The second kappa shape index (κ2) is 7.12. The molecule has 2 aromatic rings. The predicted molar refractivity (Wildman–Crippen MR) is 99.4 cm³/mol. The monoisotopic (exact) mass is 320 g/mol. The molecular weight excluding hydrogens is 295 g/mol. The Bertz CT molecular complexity index is 598. The summed E-state index contributed by atoms with van der Waals surface area (Å²) in [6.45, 7) is 9.33. The van der Waals surface area contributed by atoms with Crippen molar-refractivity contribution in [2.75, 3.05) is 12.8 Å². The van der Waals surface area contributed by atoms with E-state index in [9.17, 15) is 0 Å². The van der Waals surface area contributed by atoms with Crippen molar-refractivity contribution in [1.29, 1.82) is 0 Å². The van der Waals surface area contributed by atoms with Crippen LogP contribution in [0.4, 0.5) is 0 Å². The fourth-order valence-corrected chi connectivity index (χ4v) is 4.24. The molecule has 0 radical (unpaired) electrons. The Morgan fingerprint density at radius 2 is 1.71 bits per heavy atom. The Balaban J connectivity index is 2.52. The van der Waals surface area contributed by atoms with Gasteiger partial charge >= 0.3 is 0 Å². The Morgan fingerprint density at radius 3 is 2.33 bits per heavy atom. The molecule has 2 rings (SSSR count). The van der Waals surface area contributed by atoms with E-state index in [0.717, 1.165) is 8.58 Å². The summed E-state index contributed by atoms with van der Waals surface area (Å²) in [6, 6.07) is 13.3. The maximum Gasteiger partial charge on any atom is 0.0480 e. The van der Waals surface area contributed by atoms with Crippen molar-refractivity contribution in [1.82, 2.24) is 0 Å². The number of alkyl halides is 1. The number of benzene rings is 2. The molecule has 0 aliphatic carbocycles. The van der Waals surface area contributed by atoms with Crippen molar-refractivity contribution < 1.29 is 0 Å². The summed E-state index contributed by atoms with van der Waals surface area (Å²) in [5, 5.41) is 2.71. The molecule has 2 heteroatoms. The maximum atomic E-state index is 6.11. The molecule has 2 atom stereocenters. The molecule has 0 saturated carbocycles. The highest BCUT2D eigenvalue weighted by Gasteiger charge is 2.21. The molecule has 0 bridgehead atoms. The molecule has 0 saturated heterocycles. The minimum Gasteiger partial charge on any atom is -0.125 e. The third-order valence-electron chi connectivity index (χ3n) is 3.94. The molecule has 0 heterocycles. The smallest absolute Gasteiger partial charge is 0.0480 e. The molecule has 0 aromatic heterocycles. The van der Waals surface area contributed by atoms with Crippen LogP contribution in [0.5, 0.6) is 0 Å². The third kappa shape index (κ3) is 4.21. The van der Waals surface area contributed by atoms with E-state index in [2.05, 4.69) is 63.8 Å². The van der Waals surface area contributed by atoms with Crippen LogP contribution >= 0.6 is 20.2 Å². The lowest BCUT2D eigenvalue weighted by molar-refractivity contribution is 0.351. The van der Waals surface area contributed by atoms with Crippen LogP contribution in [0.2, 0.25) is 0 Å². The van der Waals surface area contributed by atoms with E-state index in [-0.39, 0.29) is 0 Å². The zero-order chi connectivity index (χ0) is 15.5. The second-order valence-corrected chi connectivity index (χ2v) is 8.40. The van der Waals surface area contributed by atoms with Gasteiger partial charge in [-0.3, -0.25) is 0 Å². The molecule has 0 spiro atoms. The van der Waals surface area contributed by atoms with Crippen LogP contribution in [0.3, 0.4) is 0 Å². The number of hydrogen-bond acceptors (Lipinski definition) is 0. The third-order valence-corrected chi connectivity index (χ3v) is 5.13. The fourth-order valence-electron chi connectivity index (χ4n) is 3.15. The lowest BCUT2D eigenvalue weighted by Gasteiger charge is -2.27. The van der Waals surface area contributed by atoms with Gasteiger partial charge in [-0.15, -0.1) is 20.2 Å². The summed E-state index contributed by atoms with van der Waals surface area (Å²) < 4.78 is 0.